The Kier molecular flexibility index (Phi) is 2.74. The van der Waals surface area contributed by atoms with Gasteiger partial charge in [-0.3, -0.25) is 4.79 Å². The first-order valence-corrected chi connectivity index (χ1v) is 5.68. The summed E-state index contributed by atoms with van der Waals surface area (Å²) in [6.07, 6.45) is 1.47. The lowest BCUT2D eigenvalue weighted by molar-refractivity contribution is -0.118. The van der Waals surface area contributed by atoms with Gasteiger partial charge < -0.3 is 4.90 Å². The van der Waals surface area contributed by atoms with Gasteiger partial charge in [-0.05, 0) is 30.5 Å². The van der Waals surface area contributed by atoms with Crippen molar-refractivity contribution in [3.8, 4) is 0 Å². The molecule has 1 unspecified atom stereocenters. The molecule has 1 aromatic carbocycles. The summed E-state index contributed by atoms with van der Waals surface area (Å²) < 4.78 is 0. The molecule has 1 amide bonds. The third-order valence-corrected chi connectivity index (χ3v) is 3.23. The second-order valence-electron chi connectivity index (χ2n) is 4.02. The number of aryl methyl sites for hydroxylation is 1. The second kappa shape index (κ2) is 3.89. The summed E-state index contributed by atoms with van der Waals surface area (Å²) in [6, 6.07) is 6.23. The van der Waals surface area contributed by atoms with E-state index in [1.54, 1.807) is 4.90 Å². The maximum Gasteiger partial charge on any atom is 0.227 e. The SMILES string of the molecule is CC(S)c1ccc2c(c1)CCC(=O)N2C. The van der Waals surface area contributed by atoms with E-state index < -0.39 is 0 Å². The van der Waals surface area contributed by atoms with Crippen LogP contribution in [0.25, 0.3) is 0 Å². The largest absolute Gasteiger partial charge is 0.315 e. The van der Waals surface area contributed by atoms with Crippen LogP contribution >= 0.6 is 12.6 Å². The first-order valence-electron chi connectivity index (χ1n) is 5.17. The Labute approximate surface area is 95.7 Å². The maximum atomic E-state index is 11.5. The molecule has 2 nitrogen and oxygen atoms in total. The minimum Gasteiger partial charge on any atom is -0.315 e. The number of hydrogen-bond donors (Lipinski definition) is 1. The van der Waals surface area contributed by atoms with E-state index in [0.29, 0.717) is 6.42 Å². The van der Waals surface area contributed by atoms with Gasteiger partial charge in [0.15, 0.2) is 0 Å². The Morgan fingerprint density at radius 2 is 2.13 bits per heavy atom. The van der Waals surface area contributed by atoms with Crippen LogP contribution in [0.15, 0.2) is 18.2 Å². The number of amides is 1. The van der Waals surface area contributed by atoms with Gasteiger partial charge in [-0.2, -0.15) is 12.6 Å². The maximum absolute atomic E-state index is 11.5. The Bertz CT molecular complexity index is 401. The number of carbonyl (C=O) groups is 1. The number of rotatable bonds is 1. The molecule has 0 aromatic heterocycles. The van der Waals surface area contributed by atoms with Gasteiger partial charge in [0.25, 0.3) is 0 Å². The van der Waals surface area contributed by atoms with Gasteiger partial charge in [0.1, 0.15) is 0 Å². The van der Waals surface area contributed by atoms with Crippen LogP contribution in [-0.2, 0) is 11.2 Å². The predicted octanol–water partition coefficient (Wildman–Crippen LogP) is 2.59. The fraction of sp³-hybridized carbons (Fsp3) is 0.417. The molecule has 1 aromatic rings. The zero-order chi connectivity index (χ0) is 11.0. The number of nitrogens with zero attached hydrogens (tertiary/aromatic N) is 1. The summed E-state index contributed by atoms with van der Waals surface area (Å²) in [7, 11) is 1.84. The van der Waals surface area contributed by atoms with Crippen molar-refractivity contribution in [2.24, 2.45) is 0 Å². The lowest BCUT2D eigenvalue weighted by Gasteiger charge is -2.26. The first kappa shape index (κ1) is 10.6. The number of fused-ring (bicyclic) bond motifs is 1. The molecule has 0 fully saturated rings. The molecule has 0 saturated carbocycles. The summed E-state index contributed by atoms with van der Waals surface area (Å²) >= 11 is 4.41. The molecule has 0 spiro atoms. The van der Waals surface area contributed by atoms with Crippen LogP contribution in [0, 0.1) is 0 Å². The van der Waals surface area contributed by atoms with E-state index in [1.807, 2.05) is 19.2 Å². The van der Waals surface area contributed by atoms with Crippen LogP contribution in [0.5, 0.6) is 0 Å². The molecular formula is C12H15NOS. The zero-order valence-electron chi connectivity index (χ0n) is 9.03. The van der Waals surface area contributed by atoms with Gasteiger partial charge >= 0.3 is 0 Å². The first-order chi connectivity index (χ1) is 7.09. The summed E-state index contributed by atoms with van der Waals surface area (Å²) in [5.74, 6) is 0.203. The summed E-state index contributed by atoms with van der Waals surface area (Å²) in [6.45, 7) is 2.06. The van der Waals surface area contributed by atoms with Crippen LogP contribution < -0.4 is 4.90 Å². The van der Waals surface area contributed by atoms with Gasteiger partial charge in [0.2, 0.25) is 5.91 Å². The molecule has 1 heterocycles. The van der Waals surface area contributed by atoms with Crippen molar-refractivity contribution in [3.63, 3.8) is 0 Å². The van der Waals surface area contributed by atoms with Crippen LogP contribution in [0.1, 0.15) is 29.7 Å². The molecule has 3 heteroatoms. The molecule has 0 N–H and O–H groups in total. The zero-order valence-corrected chi connectivity index (χ0v) is 9.92. The Hall–Kier alpha value is -0.960. The summed E-state index contributed by atoms with van der Waals surface area (Å²) in [5, 5.41) is 0.248. The van der Waals surface area contributed by atoms with Gasteiger partial charge in [0.05, 0.1) is 0 Å². The van der Waals surface area contributed by atoms with Crippen molar-refractivity contribution in [1.29, 1.82) is 0 Å². The molecule has 0 saturated heterocycles. The average molecular weight is 221 g/mol. The van der Waals surface area contributed by atoms with Crippen LogP contribution in [0.2, 0.25) is 0 Å². The minimum atomic E-state index is 0.203. The fourth-order valence-electron chi connectivity index (χ4n) is 1.94. The van der Waals surface area contributed by atoms with Gasteiger partial charge in [-0.1, -0.05) is 12.1 Å². The van der Waals surface area contributed by atoms with Crippen molar-refractivity contribution in [2.75, 3.05) is 11.9 Å². The van der Waals surface area contributed by atoms with E-state index in [2.05, 4.69) is 25.6 Å². The van der Waals surface area contributed by atoms with E-state index in [4.69, 9.17) is 0 Å². The van der Waals surface area contributed by atoms with E-state index in [-0.39, 0.29) is 11.2 Å². The third kappa shape index (κ3) is 1.88. The molecule has 80 valence electrons. The van der Waals surface area contributed by atoms with Crippen molar-refractivity contribution in [3.05, 3.63) is 29.3 Å². The van der Waals surface area contributed by atoms with Gasteiger partial charge in [-0.15, -0.1) is 0 Å². The molecule has 15 heavy (non-hydrogen) atoms. The predicted molar refractivity (Wildman–Crippen MR) is 65.6 cm³/mol. The van der Waals surface area contributed by atoms with Crippen molar-refractivity contribution in [2.45, 2.75) is 25.0 Å². The summed E-state index contributed by atoms with van der Waals surface area (Å²) in [4.78, 5) is 13.2. The van der Waals surface area contributed by atoms with Crippen LogP contribution in [0.3, 0.4) is 0 Å². The van der Waals surface area contributed by atoms with Crippen molar-refractivity contribution in [1.82, 2.24) is 0 Å². The number of anilines is 1. The number of hydrogen-bond acceptors (Lipinski definition) is 2. The normalized spacial score (nSPS) is 17.5. The van der Waals surface area contributed by atoms with Crippen LogP contribution in [0.4, 0.5) is 5.69 Å². The van der Waals surface area contributed by atoms with E-state index in [9.17, 15) is 4.79 Å². The highest BCUT2D eigenvalue weighted by Crippen LogP contribution is 2.30. The van der Waals surface area contributed by atoms with E-state index >= 15 is 0 Å². The second-order valence-corrected chi connectivity index (χ2v) is 4.79. The van der Waals surface area contributed by atoms with E-state index in [0.717, 1.165) is 12.1 Å². The van der Waals surface area contributed by atoms with Crippen LogP contribution in [-0.4, -0.2) is 13.0 Å². The highest BCUT2D eigenvalue weighted by Gasteiger charge is 2.20. The standard InChI is InChI=1S/C12H15NOS/c1-8(15)9-3-5-11-10(7-9)4-6-12(14)13(11)2/h3,5,7-8,15H,4,6H2,1-2H3. The molecule has 0 aliphatic carbocycles. The molecule has 1 aliphatic heterocycles. The molecule has 0 bridgehead atoms. The summed E-state index contributed by atoms with van der Waals surface area (Å²) in [5.41, 5.74) is 3.53. The Morgan fingerprint density at radius 3 is 2.80 bits per heavy atom. The topological polar surface area (TPSA) is 20.3 Å². The molecular weight excluding hydrogens is 206 g/mol. The number of thiol groups is 1. The molecule has 1 atom stereocenters. The van der Waals surface area contributed by atoms with Gasteiger partial charge in [0, 0.05) is 24.4 Å². The number of benzene rings is 1. The highest BCUT2D eigenvalue weighted by atomic mass is 32.1. The van der Waals surface area contributed by atoms with E-state index in [1.165, 1.54) is 11.1 Å². The fourth-order valence-corrected chi connectivity index (χ4v) is 2.10. The minimum absolute atomic E-state index is 0.203. The van der Waals surface area contributed by atoms with Crippen molar-refractivity contribution < 1.29 is 4.79 Å². The number of carbonyl (C=O) groups excluding carboxylic acids is 1. The molecule has 2 rings (SSSR count). The van der Waals surface area contributed by atoms with Crippen molar-refractivity contribution >= 4 is 24.2 Å². The molecule has 0 radical (unpaired) electrons. The lowest BCUT2D eigenvalue weighted by Crippen LogP contribution is -2.31. The smallest absolute Gasteiger partial charge is 0.227 e. The Morgan fingerprint density at radius 1 is 1.40 bits per heavy atom. The third-order valence-electron chi connectivity index (χ3n) is 2.93. The highest BCUT2D eigenvalue weighted by molar-refractivity contribution is 7.80. The molecule has 1 aliphatic rings. The monoisotopic (exact) mass is 221 g/mol. The van der Waals surface area contributed by atoms with Gasteiger partial charge in [-0.25, -0.2) is 0 Å². The average Bonchev–Trinajstić information content (AvgIpc) is 2.23. The lowest BCUT2D eigenvalue weighted by atomic mass is 9.98. The quantitative estimate of drug-likeness (QED) is 0.723. The Balaban J connectivity index is 2.42.